The molecule has 80 valence electrons. The van der Waals surface area contributed by atoms with E-state index in [1.165, 1.54) is 4.90 Å². The Bertz CT molecular complexity index is 244. The molecule has 1 fully saturated rings. The SMILES string of the molecule is CCCC(=O)N1CCC(S)C1C(=O)O. The Hall–Kier alpha value is -0.710. The molecule has 0 aromatic heterocycles. The van der Waals surface area contributed by atoms with Crippen LogP contribution in [0.5, 0.6) is 0 Å². The average molecular weight is 217 g/mol. The number of likely N-dealkylation sites (tertiary alicyclic amines) is 1. The highest BCUT2D eigenvalue weighted by atomic mass is 32.1. The number of carbonyl (C=O) groups excluding carboxylic acids is 1. The summed E-state index contributed by atoms with van der Waals surface area (Å²) in [5.41, 5.74) is 0. The minimum absolute atomic E-state index is 0.0727. The average Bonchev–Trinajstić information content (AvgIpc) is 2.47. The van der Waals surface area contributed by atoms with Crippen LogP contribution in [0.4, 0.5) is 0 Å². The van der Waals surface area contributed by atoms with Gasteiger partial charge in [0.2, 0.25) is 5.91 Å². The zero-order valence-corrected chi connectivity index (χ0v) is 9.04. The molecule has 1 heterocycles. The number of amides is 1. The van der Waals surface area contributed by atoms with E-state index < -0.39 is 12.0 Å². The molecule has 0 aromatic rings. The number of hydrogen-bond acceptors (Lipinski definition) is 3. The summed E-state index contributed by atoms with van der Waals surface area (Å²) in [5, 5.41) is 8.70. The van der Waals surface area contributed by atoms with Gasteiger partial charge < -0.3 is 10.0 Å². The number of hydrogen-bond donors (Lipinski definition) is 2. The summed E-state index contributed by atoms with van der Waals surface area (Å²) in [4.78, 5) is 23.9. The fraction of sp³-hybridized carbons (Fsp3) is 0.778. The van der Waals surface area contributed by atoms with E-state index >= 15 is 0 Å². The Morgan fingerprint density at radius 3 is 2.71 bits per heavy atom. The molecule has 5 heteroatoms. The molecule has 4 nitrogen and oxygen atoms in total. The molecule has 0 aliphatic carbocycles. The van der Waals surface area contributed by atoms with Gasteiger partial charge in [-0.15, -0.1) is 0 Å². The fourth-order valence-corrected chi connectivity index (χ4v) is 2.12. The van der Waals surface area contributed by atoms with Crippen LogP contribution in [0, 0.1) is 0 Å². The van der Waals surface area contributed by atoms with E-state index in [2.05, 4.69) is 12.6 Å². The second-order valence-corrected chi connectivity index (χ2v) is 4.14. The number of carboxylic acids is 1. The monoisotopic (exact) mass is 217 g/mol. The molecule has 1 aliphatic rings. The largest absolute Gasteiger partial charge is 0.480 e. The Morgan fingerprint density at radius 2 is 2.21 bits per heavy atom. The molecule has 1 N–H and O–H groups in total. The Labute approximate surface area is 88.7 Å². The summed E-state index contributed by atoms with van der Waals surface area (Å²) in [6.45, 7) is 2.42. The van der Waals surface area contributed by atoms with Crippen LogP contribution in [0.2, 0.25) is 0 Å². The topological polar surface area (TPSA) is 57.6 Å². The molecule has 0 spiro atoms. The Morgan fingerprint density at radius 1 is 1.57 bits per heavy atom. The molecular weight excluding hydrogens is 202 g/mol. The van der Waals surface area contributed by atoms with Crippen molar-refractivity contribution in [1.82, 2.24) is 4.90 Å². The van der Waals surface area contributed by atoms with Crippen molar-refractivity contribution in [3.63, 3.8) is 0 Å². The maximum absolute atomic E-state index is 11.5. The van der Waals surface area contributed by atoms with E-state index in [0.717, 1.165) is 6.42 Å². The van der Waals surface area contributed by atoms with Gasteiger partial charge in [0, 0.05) is 18.2 Å². The first-order valence-corrected chi connectivity index (χ1v) is 5.30. The Kier molecular flexibility index (Phi) is 3.80. The van der Waals surface area contributed by atoms with Crippen molar-refractivity contribution < 1.29 is 14.7 Å². The fourth-order valence-electron chi connectivity index (χ4n) is 1.71. The summed E-state index contributed by atoms with van der Waals surface area (Å²) < 4.78 is 0. The molecule has 1 saturated heterocycles. The van der Waals surface area contributed by atoms with E-state index in [9.17, 15) is 9.59 Å². The van der Waals surface area contributed by atoms with Crippen molar-refractivity contribution in [3.05, 3.63) is 0 Å². The molecule has 0 saturated carbocycles. The van der Waals surface area contributed by atoms with E-state index in [0.29, 0.717) is 19.4 Å². The number of rotatable bonds is 3. The van der Waals surface area contributed by atoms with Gasteiger partial charge in [-0.05, 0) is 12.8 Å². The molecule has 1 aliphatic heterocycles. The second-order valence-electron chi connectivity index (χ2n) is 3.48. The van der Waals surface area contributed by atoms with Crippen molar-refractivity contribution in [1.29, 1.82) is 0 Å². The highest BCUT2D eigenvalue weighted by molar-refractivity contribution is 7.81. The number of nitrogens with zero attached hydrogens (tertiary/aromatic N) is 1. The summed E-state index contributed by atoms with van der Waals surface area (Å²) in [6, 6.07) is -0.739. The van der Waals surface area contributed by atoms with Crippen molar-refractivity contribution in [2.45, 2.75) is 37.5 Å². The van der Waals surface area contributed by atoms with Crippen molar-refractivity contribution in [2.75, 3.05) is 6.54 Å². The van der Waals surface area contributed by atoms with Crippen LogP contribution >= 0.6 is 12.6 Å². The van der Waals surface area contributed by atoms with Crippen LogP contribution in [0.25, 0.3) is 0 Å². The van der Waals surface area contributed by atoms with Crippen LogP contribution in [0.15, 0.2) is 0 Å². The first-order chi connectivity index (χ1) is 6.57. The van der Waals surface area contributed by atoms with Crippen LogP contribution in [0.1, 0.15) is 26.2 Å². The molecule has 2 atom stereocenters. The number of aliphatic carboxylic acids is 1. The summed E-state index contributed by atoms with van der Waals surface area (Å²) in [7, 11) is 0. The van der Waals surface area contributed by atoms with Gasteiger partial charge in [0.05, 0.1) is 0 Å². The van der Waals surface area contributed by atoms with Gasteiger partial charge in [0.1, 0.15) is 6.04 Å². The zero-order chi connectivity index (χ0) is 10.7. The Balaban J connectivity index is 2.69. The molecule has 0 aromatic carbocycles. The third-order valence-electron chi connectivity index (χ3n) is 2.40. The van der Waals surface area contributed by atoms with Crippen molar-refractivity contribution >= 4 is 24.5 Å². The molecular formula is C9H15NO3S. The smallest absolute Gasteiger partial charge is 0.327 e. The minimum atomic E-state index is -0.952. The second kappa shape index (κ2) is 4.68. The van der Waals surface area contributed by atoms with Gasteiger partial charge in [-0.2, -0.15) is 12.6 Å². The van der Waals surface area contributed by atoms with Crippen LogP contribution in [-0.4, -0.2) is 39.7 Å². The van der Waals surface area contributed by atoms with Crippen molar-refractivity contribution in [3.8, 4) is 0 Å². The zero-order valence-electron chi connectivity index (χ0n) is 8.14. The number of carbonyl (C=O) groups is 2. The maximum Gasteiger partial charge on any atom is 0.327 e. The highest BCUT2D eigenvalue weighted by Gasteiger charge is 2.39. The van der Waals surface area contributed by atoms with Gasteiger partial charge in [-0.1, -0.05) is 6.92 Å². The van der Waals surface area contributed by atoms with E-state index in [1.807, 2.05) is 6.92 Å². The number of thiol groups is 1. The molecule has 1 amide bonds. The normalized spacial score (nSPS) is 26.6. The van der Waals surface area contributed by atoms with Crippen molar-refractivity contribution in [2.24, 2.45) is 0 Å². The third kappa shape index (κ3) is 2.20. The van der Waals surface area contributed by atoms with Gasteiger partial charge >= 0.3 is 5.97 Å². The lowest BCUT2D eigenvalue weighted by molar-refractivity contribution is -0.148. The van der Waals surface area contributed by atoms with E-state index in [-0.39, 0.29) is 11.2 Å². The minimum Gasteiger partial charge on any atom is -0.480 e. The number of carboxylic acid groups (broad SMARTS) is 1. The lowest BCUT2D eigenvalue weighted by Crippen LogP contribution is -2.43. The molecule has 1 rings (SSSR count). The van der Waals surface area contributed by atoms with Gasteiger partial charge in [0.25, 0.3) is 0 Å². The summed E-state index contributed by atoms with van der Waals surface area (Å²) in [6.07, 6.45) is 1.83. The summed E-state index contributed by atoms with van der Waals surface area (Å²) in [5.74, 6) is -1.02. The highest BCUT2D eigenvalue weighted by Crippen LogP contribution is 2.23. The lowest BCUT2D eigenvalue weighted by Gasteiger charge is -2.22. The van der Waals surface area contributed by atoms with Crippen LogP contribution in [-0.2, 0) is 9.59 Å². The van der Waals surface area contributed by atoms with Gasteiger partial charge in [0.15, 0.2) is 0 Å². The molecule has 0 radical (unpaired) electrons. The van der Waals surface area contributed by atoms with Crippen LogP contribution < -0.4 is 0 Å². The quantitative estimate of drug-likeness (QED) is 0.686. The lowest BCUT2D eigenvalue weighted by atomic mass is 10.2. The molecule has 14 heavy (non-hydrogen) atoms. The van der Waals surface area contributed by atoms with Gasteiger partial charge in [-0.25, -0.2) is 4.79 Å². The maximum atomic E-state index is 11.5. The molecule has 0 bridgehead atoms. The van der Waals surface area contributed by atoms with E-state index in [1.54, 1.807) is 0 Å². The predicted octanol–water partition coefficient (Wildman–Crippen LogP) is 0.770. The first kappa shape index (κ1) is 11.4. The third-order valence-corrected chi connectivity index (χ3v) is 2.94. The van der Waals surface area contributed by atoms with Gasteiger partial charge in [-0.3, -0.25) is 4.79 Å². The van der Waals surface area contributed by atoms with E-state index in [4.69, 9.17) is 5.11 Å². The summed E-state index contributed by atoms with van der Waals surface area (Å²) >= 11 is 4.17. The standard InChI is InChI=1S/C9H15NO3S/c1-2-3-7(11)10-5-4-6(14)8(10)9(12)13/h6,8,14H,2-5H2,1H3,(H,12,13). The predicted molar refractivity (Wildman–Crippen MR) is 55.4 cm³/mol. The first-order valence-electron chi connectivity index (χ1n) is 4.78. The van der Waals surface area contributed by atoms with Crippen LogP contribution in [0.3, 0.4) is 0 Å². The molecule has 2 unspecified atom stereocenters.